The van der Waals surface area contributed by atoms with Gasteiger partial charge in [0.25, 0.3) is 0 Å². The zero-order valence-electron chi connectivity index (χ0n) is 9.23. The largest absolute Gasteiger partial charge is 0.417 e. The van der Waals surface area contributed by atoms with Crippen LogP contribution in [0, 0.1) is 11.3 Å². The van der Waals surface area contributed by atoms with E-state index < -0.39 is 11.7 Å². The molecule has 0 heterocycles. The number of alkyl halides is 3. The molecule has 1 rings (SSSR count). The molecule has 0 saturated carbocycles. The van der Waals surface area contributed by atoms with Crippen molar-refractivity contribution in [2.24, 2.45) is 0 Å². The molecule has 2 nitrogen and oxygen atoms in total. The molecule has 0 saturated heterocycles. The molecule has 0 aromatic heterocycles. The minimum absolute atomic E-state index is 0.385. The Kier molecular flexibility index (Phi) is 3.79. The van der Waals surface area contributed by atoms with E-state index in [1.165, 1.54) is 12.1 Å². The van der Waals surface area contributed by atoms with Gasteiger partial charge in [-0.3, -0.25) is 0 Å². The quantitative estimate of drug-likeness (QED) is 0.820. The van der Waals surface area contributed by atoms with Gasteiger partial charge in [0.05, 0.1) is 17.2 Å². The van der Waals surface area contributed by atoms with E-state index in [2.05, 4.69) is 11.9 Å². The summed E-state index contributed by atoms with van der Waals surface area (Å²) < 4.78 is 37.5. The minimum atomic E-state index is -4.50. The Labute approximate surface area is 97.4 Å². The molecular formula is C12H11F3N2. The summed E-state index contributed by atoms with van der Waals surface area (Å²) in [6.45, 7) is 5.91. The Morgan fingerprint density at radius 1 is 1.47 bits per heavy atom. The Morgan fingerprint density at radius 3 is 2.59 bits per heavy atom. The van der Waals surface area contributed by atoms with Crippen LogP contribution in [0.5, 0.6) is 0 Å². The third-order valence-corrected chi connectivity index (χ3v) is 2.04. The molecular weight excluding hydrogens is 229 g/mol. The van der Waals surface area contributed by atoms with Gasteiger partial charge in [-0.05, 0) is 25.1 Å². The van der Waals surface area contributed by atoms with Gasteiger partial charge in [0.2, 0.25) is 0 Å². The summed E-state index contributed by atoms with van der Waals surface area (Å²) in [7, 11) is 0. The third-order valence-electron chi connectivity index (χ3n) is 2.04. The number of nitriles is 1. The van der Waals surface area contributed by atoms with Crippen LogP contribution in [0.3, 0.4) is 0 Å². The molecule has 0 aliphatic heterocycles. The maximum atomic E-state index is 12.5. The molecule has 90 valence electrons. The third kappa shape index (κ3) is 3.52. The lowest BCUT2D eigenvalue weighted by molar-refractivity contribution is -0.137. The molecule has 0 bridgehead atoms. The lowest BCUT2D eigenvalue weighted by Gasteiger charge is -2.11. The van der Waals surface area contributed by atoms with Gasteiger partial charge in [-0.25, -0.2) is 0 Å². The number of hydrogen-bond acceptors (Lipinski definition) is 2. The van der Waals surface area contributed by atoms with Crippen molar-refractivity contribution in [3.8, 4) is 6.07 Å². The highest BCUT2D eigenvalue weighted by Crippen LogP contribution is 2.32. The first-order valence-corrected chi connectivity index (χ1v) is 4.84. The molecule has 0 aliphatic rings. The van der Waals surface area contributed by atoms with E-state index in [-0.39, 0.29) is 5.56 Å². The number of hydrogen-bond donors (Lipinski definition) is 1. The molecule has 17 heavy (non-hydrogen) atoms. The highest BCUT2D eigenvalue weighted by molar-refractivity contribution is 5.54. The maximum absolute atomic E-state index is 12.5. The molecule has 0 radical (unpaired) electrons. The molecule has 1 N–H and O–H groups in total. The van der Waals surface area contributed by atoms with Gasteiger partial charge in [-0.2, -0.15) is 18.4 Å². The summed E-state index contributed by atoms with van der Waals surface area (Å²) in [6.07, 6.45) is -4.50. The van der Waals surface area contributed by atoms with E-state index >= 15 is 0 Å². The second kappa shape index (κ2) is 4.91. The first kappa shape index (κ1) is 13.1. The van der Waals surface area contributed by atoms with E-state index in [1.54, 1.807) is 13.0 Å². The minimum Gasteiger partial charge on any atom is -0.381 e. The average Bonchev–Trinajstić information content (AvgIpc) is 2.24. The average molecular weight is 240 g/mol. The van der Waals surface area contributed by atoms with Crippen molar-refractivity contribution >= 4 is 5.69 Å². The summed E-state index contributed by atoms with van der Waals surface area (Å²) in [4.78, 5) is 0. The summed E-state index contributed by atoms with van der Waals surface area (Å²) in [6, 6.07) is 4.93. The molecule has 0 spiro atoms. The molecule has 1 aromatic carbocycles. The highest BCUT2D eigenvalue weighted by atomic mass is 19.4. The molecule has 0 fully saturated rings. The van der Waals surface area contributed by atoms with E-state index in [0.717, 1.165) is 11.6 Å². The topological polar surface area (TPSA) is 35.8 Å². The second-order valence-electron chi connectivity index (χ2n) is 3.68. The van der Waals surface area contributed by atoms with Crippen molar-refractivity contribution in [3.63, 3.8) is 0 Å². The van der Waals surface area contributed by atoms with Gasteiger partial charge < -0.3 is 5.32 Å². The number of nitrogens with zero attached hydrogens (tertiary/aromatic N) is 1. The summed E-state index contributed by atoms with van der Waals surface area (Å²) in [5.41, 5.74) is 0.0195. The maximum Gasteiger partial charge on any atom is 0.417 e. The Bertz CT molecular complexity index is 470. The Hall–Kier alpha value is -1.96. The molecule has 0 unspecified atom stereocenters. The molecule has 0 atom stereocenters. The first-order valence-electron chi connectivity index (χ1n) is 4.84. The van der Waals surface area contributed by atoms with Crippen molar-refractivity contribution in [2.75, 3.05) is 11.9 Å². The van der Waals surface area contributed by atoms with Gasteiger partial charge in [-0.1, -0.05) is 12.2 Å². The number of nitrogens with one attached hydrogen (secondary N) is 1. The second-order valence-corrected chi connectivity index (χ2v) is 3.68. The molecule has 0 amide bonds. The lowest BCUT2D eigenvalue weighted by atomic mass is 10.1. The SMILES string of the molecule is C=C(C)CNc1ccc(C(F)(F)F)c(C#N)c1. The zero-order valence-corrected chi connectivity index (χ0v) is 9.23. The van der Waals surface area contributed by atoms with Crippen LogP contribution in [0.4, 0.5) is 18.9 Å². The fourth-order valence-corrected chi connectivity index (χ4v) is 1.25. The van der Waals surface area contributed by atoms with E-state index in [1.807, 2.05) is 0 Å². The van der Waals surface area contributed by atoms with Crippen molar-refractivity contribution < 1.29 is 13.2 Å². The summed E-state index contributed by atoms with van der Waals surface area (Å²) in [5.74, 6) is 0. The Balaban J connectivity index is 3.02. The molecule has 1 aromatic rings. The van der Waals surface area contributed by atoms with E-state index in [4.69, 9.17) is 5.26 Å². The van der Waals surface area contributed by atoms with Crippen LogP contribution in [0.25, 0.3) is 0 Å². The fourth-order valence-electron chi connectivity index (χ4n) is 1.25. The number of halogens is 3. The number of benzene rings is 1. The number of rotatable bonds is 3. The predicted octanol–water partition coefficient (Wildman–Crippen LogP) is 3.57. The number of anilines is 1. The van der Waals surface area contributed by atoms with Crippen molar-refractivity contribution in [1.82, 2.24) is 0 Å². The van der Waals surface area contributed by atoms with E-state index in [9.17, 15) is 13.2 Å². The van der Waals surface area contributed by atoms with Gasteiger partial charge in [0.15, 0.2) is 0 Å². The monoisotopic (exact) mass is 240 g/mol. The highest BCUT2D eigenvalue weighted by Gasteiger charge is 2.33. The fraction of sp³-hybridized carbons (Fsp3) is 0.250. The van der Waals surface area contributed by atoms with Gasteiger partial charge >= 0.3 is 6.18 Å². The van der Waals surface area contributed by atoms with Crippen LogP contribution in [0.15, 0.2) is 30.4 Å². The van der Waals surface area contributed by atoms with Gasteiger partial charge in [-0.15, -0.1) is 0 Å². The smallest absolute Gasteiger partial charge is 0.381 e. The Morgan fingerprint density at radius 2 is 2.12 bits per heavy atom. The van der Waals surface area contributed by atoms with Crippen LogP contribution in [0.2, 0.25) is 0 Å². The van der Waals surface area contributed by atoms with Crippen molar-refractivity contribution in [2.45, 2.75) is 13.1 Å². The van der Waals surface area contributed by atoms with Crippen LogP contribution in [-0.2, 0) is 6.18 Å². The zero-order chi connectivity index (χ0) is 13.1. The molecule has 0 aliphatic carbocycles. The summed E-state index contributed by atoms with van der Waals surface area (Å²) in [5, 5.41) is 11.6. The molecule has 5 heteroatoms. The van der Waals surface area contributed by atoms with Crippen LogP contribution in [0.1, 0.15) is 18.1 Å². The van der Waals surface area contributed by atoms with Crippen LogP contribution >= 0.6 is 0 Å². The summed E-state index contributed by atoms with van der Waals surface area (Å²) >= 11 is 0. The van der Waals surface area contributed by atoms with Crippen LogP contribution in [-0.4, -0.2) is 6.54 Å². The van der Waals surface area contributed by atoms with Crippen molar-refractivity contribution in [1.29, 1.82) is 5.26 Å². The van der Waals surface area contributed by atoms with Crippen LogP contribution < -0.4 is 5.32 Å². The predicted molar refractivity (Wildman–Crippen MR) is 59.5 cm³/mol. The normalized spacial score (nSPS) is 10.8. The lowest BCUT2D eigenvalue weighted by Crippen LogP contribution is -2.09. The first-order chi connectivity index (χ1) is 7.84. The van der Waals surface area contributed by atoms with Crippen molar-refractivity contribution in [3.05, 3.63) is 41.5 Å². The van der Waals surface area contributed by atoms with E-state index in [0.29, 0.717) is 12.2 Å². The van der Waals surface area contributed by atoms with Gasteiger partial charge in [0.1, 0.15) is 0 Å². The standard InChI is InChI=1S/C12H11F3N2/c1-8(2)7-17-10-3-4-11(12(13,14)15)9(5-10)6-16/h3-5,17H,1,7H2,2H3. The van der Waals surface area contributed by atoms with Gasteiger partial charge in [0, 0.05) is 12.2 Å².